The van der Waals surface area contributed by atoms with Crippen LogP contribution in [0.25, 0.3) is 0 Å². The Kier molecular flexibility index (Phi) is 6.99. The first kappa shape index (κ1) is 17.8. The summed E-state index contributed by atoms with van der Waals surface area (Å²) < 4.78 is 26.2. The van der Waals surface area contributed by atoms with Crippen LogP contribution < -0.4 is 16.2 Å². The standard InChI is InChI=1S/C11H17N3O3S.ClH/c1-8-3-4-9(7-10(8)11(13)15)18(16,17)14-6-2-5-12;/h3-4,7,14H,2,5-6,12H2,1H3,(H2,13,15);1H. The Balaban J connectivity index is 0.00000324. The molecule has 0 aromatic heterocycles. The van der Waals surface area contributed by atoms with Gasteiger partial charge >= 0.3 is 0 Å². The van der Waals surface area contributed by atoms with Gasteiger partial charge in [-0.05, 0) is 37.6 Å². The Bertz CT molecular complexity index is 546. The number of rotatable bonds is 6. The summed E-state index contributed by atoms with van der Waals surface area (Å²) in [4.78, 5) is 11.2. The van der Waals surface area contributed by atoms with Crippen LogP contribution in [0.2, 0.25) is 0 Å². The van der Waals surface area contributed by atoms with Gasteiger partial charge in [-0.25, -0.2) is 13.1 Å². The SMILES string of the molecule is Cc1ccc(S(=O)(=O)NCCCN)cc1C(N)=O.Cl. The topological polar surface area (TPSA) is 115 Å². The normalized spacial score (nSPS) is 10.8. The molecule has 0 radical (unpaired) electrons. The Labute approximate surface area is 119 Å². The van der Waals surface area contributed by atoms with Crippen molar-refractivity contribution in [2.45, 2.75) is 18.2 Å². The molecular formula is C11H18ClN3O3S. The van der Waals surface area contributed by atoms with Gasteiger partial charge in [0.25, 0.3) is 0 Å². The smallest absolute Gasteiger partial charge is 0.249 e. The first-order valence-corrected chi connectivity index (χ1v) is 6.97. The molecule has 0 saturated carbocycles. The van der Waals surface area contributed by atoms with Gasteiger partial charge < -0.3 is 11.5 Å². The van der Waals surface area contributed by atoms with Gasteiger partial charge in [0.1, 0.15) is 0 Å². The molecule has 0 atom stereocenters. The van der Waals surface area contributed by atoms with E-state index in [1.807, 2.05) is 0 Å². The van der Waals surface area contributed by atoms with Crippen LogP contribution >= 0.6 is 12.4 Å². The van der Waals surface area contributed by atoms with E-state index in [2.05, 4.69) is 4.72 Å². The molecule has 8 heteroatoms. The van der Waals surface area contributed by atoms with Gasteiger partial charge in [-0.2, -0.15) is 0 Å². The van der Waals surface area contributed by atoms with Crippen LogP contribution in [0.1, 0.15) is 22.3 Å². The summed E-state index contributed by atoms with van der Waals surface area (Å²) in [5, 5.41) is 0. The Morgan fingerprint density at radius 3 is 2.53 bits per heavy atom. The molecule has 0 bridgehead atoms. The molecule has 5 N–H and O–H groups in total. The van der Waals surface area contributed by atoms with Gasteiger partial charge in [0.05, 0.1) is 4.90 Å². The Hall–Kier alpha value is -1.15. The third-order valence-corrected chi connectivity index (χ3v) is 3.92. The number of halogens is 1. The van der Waals surface area contributed by atoms with E-state index in [1.165, 1.54) is 12.1 Å². The van der Waals surface area contributed by atoms with Crippen molar-refractivity contribution in [2.75, 3.05) is 13.1 Å². The Morgan fingerprint density at radius 1 is 1.37 bits per heavy atom. The molecule has 0 fully saturated rings. The highest BCUT2D eigenvalue weighted by molar-refractivity contribution is 7.89. The first-order valence-electron chi connectivity index (χ1n) is 5.48. The van der Waals surface area contributed by atoms with E-state index in [1.54, 1.807) is 13.0 Å². The van der Waals surface area contributed by atoms with Crippen molar-refractivity contribution in [2.24, 2.45) is 11.5 Å². The van der Waals surface area contributed by atoms with Crippen molar-refractivity contribution in [1.29, 1.82) is 0 Å². The molecule has 0 aliphatic heterocycles. The van der Waals surface area contributed by atoms with Gasteiger partial charge in [0.15, 0.2) is 0 Å². The second-order valence-electron chi connectivity index (χ2n) is 3.88. The number of aryl methyl sites for hydroxylation is 1. The molecule has 1 amide bonds. The van der Waals surface area contributed by atoms with Crippen LogP contribution in [0.4, 0.5) is 0 Å². The maximum atomic E-state index is 11.9. The van der Waals surface area contributed by atoms with E-state index in [0.717, 1.165) is 0 Å². The minimum absolute atomic E-state index is 0. The van der Waals surface area contributed by atoms with E-state index < -0.39 is 15.9 Å². The van der Waals surface area contributed by atoms with Crippen molar-refractivity contribution < 1.29 is 13.2 Å². The zero-order valence-electron chi connectivity index (χ0n) is 10.5. The third kappa shape index (κ3) is 4.79. The Morgan fingerprint density at radius 2 is 2.00 bits per heavy atom. The fraction of sp³-hybridized carbons (Fsp3) is 0.364. The summed E-state index contributed by atoms with van der Waals surface area (Å²) in [6, 6.07) is 4.27. The monoisotopic (exact) mass is 307 g/mol. The van der Waals surface area contributed by atoms with E-state index in [-0.39, 0.29) is 29.4 Å². The zero-order valence-corrected chi connectivity index (χ0v) is 12.2. The molecule has 0 aliphatic carbocycles. The summed E-state index contributed by atoms with van der Waals surface area (Å²) in [6.07, 6.45) is 0.549. The van der Waals surface area contributed by atoms with Crippen LogP contribution in [0, 0.1) is 6.92 Å². The molecule has 1 rings (SSSR count). The van der Waals surface area contributed by atoms with E-state index >= 15 is 0 Å². The lowest BCUT2D eigenvalue weighted by atomic mass is 10.1. The molecule has 6 nitrogen and oxygen atoms in total. The van der Waals surface area contributed by atoms with Crippen molar-refractivity contribution in [3.8, 4) is 0 Å². The van der Waals surface area contributed by atoms with Crippen LogP contribution in [-0.4, -0.2) is 27.4 Å². The fourth-order valence-electron chi connectivity index (χ4n) is 1.43. The largest absolute Gasteiger partial charge is 0.366 e. The molecule has 0 spiro atoms. The third-order valence-electron chi connectivity index (χ3n) is 2.46. The van der Waals surface area contributed by atoms with Crippen LogP contribution in [-0.2, 0) is 10.0 Å². The second-order valence-corrected chi connectivity index (χ2v) is 5.65. The summed E-state index contributed by atoms with van der Waals surface area (Å²) in [5.41, 5.74) is 11.3. The predicted molar refractivity (Wildman–Crippen MR) is 75.8 cm³/mol. The highest BCUT2D eigenvalue weighted by Gasteiger charge is 2.16. The second kappa shape index (κ2) is 7.44. The number of benzene rings is 1. The average molecular weight is 308 g/mol. The van der Waals surface area contributed by atoms with Crippen LogP contribution in [0.3, 0.4) is 0 Å². The van der Waals surface area contributed by atoms with Crippen molar-refractivity contribution in [3.05, 3.63) is 29.3 Å². The number of hydrogen-bond acceptors (Lipinski definition) is 4. The highest BCUT2D eigenvalue weighted by Crippen LogP contribution is 2.15. The number of carbonyl (C=O) groups excluding carboxylic acids is 1. The molecule has 0 heterocycles. The average Bonchev–Trinajstić information content (AvgIpc) is 2.29. The van der Waals surface area contributed by atoms with E-state index in [0.29, 0.717) is 18.5 Å². The van der Waals surface area contributed by atoms with E-state index in [9.17, 15) is 13.2 Å². The number of nitrogens with one attached hydrogen (secondary N) is 1. The molecule has 0 unspecified atom stereocenters. The molecular weight excluding hydrogens is 290 g/mol. The van der Waals surface area contributed by atoms with Crippen LogP contribution in [0.5, 0.6) is 0 Å². The molecule has 1 aromatic rings. The molecule has 108 valence electrons. The van der Waals surface area contributed by atoms with Gasteiger partial charge in [-0.3, -0.25) is 4.79 Å². The van der Waals surface area contributed by atoms with Crippen molar-refractivity contribution in [1.82, 2.24) is 4.72 Å². The van der Waals surface area contributed by atoms with Gasteiger partial charge in [-0.1, -0.05) is 6.07 Å². The molecule has 0 saturated heterocycles. The minimum atomic E-state index is -3.62. The maximum Gasteiger partial charge on any atom is 0.249 e. The highest BCUT2D eigenvalue weighted by atomic mass is 35.5. The number of carbonyl (C=O) groups is 1. The molecule has 0 aliphatic rings. The zero-order chi connectivity index (χ0) is 13.8. The van der Waals surface area contributed by atoms with Crippen molar-refractivity contribution >= 4 is 28.3 Å². The number of nitrogens with two attached hydrogens (primary N) is 2. The summed E-state index contributed by atoms with van der Waals surface area (Å²) in [7, 11) is -3.62. The minimum Gasteiger partial charge on any atom is -0.366 e. The summed E-state index contributed by atoms with van der Waals surface area (Å²) >= 11 is 0. The number of hydrogen-bond donors (Lipinski definition) is 3. The molecule has 19 heavy (non-hydrogen) atoms. The number of amides is 1. The summed E-state index contributed by atoms with van der Waals surface area (Å²) in [5.74, 6) is -0.647. The maximum absolute atomic E-state index is 11.9. The first-order chi connectivity index (χ1) is 8.38. The van der Waals surface area contributed by atoms with Crippen molar-refractivity contribution in [3.63, 3.8) is 0 Å². The van der Waals surface area contributed by atoms with Gasteiger partial charge in [0.2, 0.25) is 15.9 Å². The van der Waals surface area contributed by atoms with Crippen LogP contribution in [0.15, 0.2) is 23.1 Å². The number of primary amides is 1. The lowest BCUT2D eigenvalue weighted by Gasteiger charge is -2.08. The summed E-state index contributed by atoms with van der Waals surface area (Å²) in [6.45, 7) is 2.36. The lowest BCUT2D eigenvalue weighted by molar-refractivity contribution is 0.0999. The van der Waals surface area contributed by atoms with E-state index in [4.69, 9.17) is 11.5 Å². The quantitative estimate of drug-likeness (QED) is 0.648. The number of sulfonamides is 1. The van der Waals surface area contributed by atoms with Gasteiger partial charge in [-0.15, -0.1) is 12.4 Å². The predicted octanol–water partition coefficient (Wildman–Crippen LogP) is 0.143. The van der Waals surface area contributed by atoms with Gasteiger partial charge in [0, 0.05) is 12.1 Å². The lowest BCUT2D eigenvalue weighted by Crippen LogP contribution is -2.26. The fourth-order valence-corrected chi connectivity index (χ4v) is 2.53. The molecule has 1 aromatic carbocycles.